The number of rotatable bonds is 6. The van der Waals surface area contributed by atoms with Crippen LogP contribution in [-0.4, -0.2) is 19.9 Å². The van der Waals surface area contributed by atoms with Crippen LogP contribution >= 0.6 is 23.2 Å². The predicted octanol–water partition coefficient (Wildman–Crippen LogP) is 4.59. The molecule has 0 N–H and O–H groups in total. The Morgan fingerprint density at radius 3 is 2.44 bits per heavy atom. The fourth-order valence-electron chi connectivity index (χ4n) is 2.17. The molecule has 0 heterocycles. The third-order valence-electron chi connectivity index (χ3n) is 3.45. The maximum Gasteiger partial charge on any atom is 0.273 e. The Morgan fingerprint density at radius 2 is 1.88 bits per heavy atom. The maximum atomic E-state index is 13.0. The summed E-state index contributed by atoms with van der Waals surface area (Å²) in [5.41, 5.74) is 0.375. The average Bonchev–Trinajstić information content (AvgIpc) is 2.55. The van der Waals surface area contributed by atoms with Crippen LogP contribution in [0.2, 0.25) is 10.0 Å². The average molecular weight is 401 g/mol. The van der Waals surface area contributed by atoms with Gasteiger partial charge >= 0.3 is 0 Å². The highest BCUT2D eigenvalue weighted by Crippen LogP contribution is 2.31. The summed E-state index contributed by atoms with van der Waals surface area (Å²) in [5.74, 6) is 0. The Hall–Kier alpha value is -2.09. The lowest BCUT2D eigenvalue weighted by atomic mass is 10.2. The monoisotopic (exact) mass is 400 g/mol. The topological polar surface area (TPSA) is 80.5 Å². The molecule has 25 heavy (non-hydrogen) atoms. The standard InChI is InChI=1S/C16H14Cl2N2O4S/c1-3-8-19(12-5-7-14(17)15(18)9-12)25(23,24)13-6-4-11(2)16(10-13)20(21)22/h3-7,9-10H,1,8H2,2H3. The quantitative estimate of drug-likeness (QED) is 0.403. The van der Waals surface area contributed by atoms with E-state index in [0.29, 0.717) is 5.56 Å². The van der Waals surface area contributed by atoms with Crippen LogP contribution < -0.4 is 4.31 Å². The largest absolute Gasteiger partial charge is 0.273 e. The lowest BCUT2D eigenvalue weighted by Gasteiger charge is -2.23. The molecule has 0 radical (unpaired) electrons. The second-order valence-corrected chi connectivity index (χ2v) is 7.81. The molecule has 0 aliphatic heterocycles. The molecule has 0 fully saturated rings. The molecule has 2 aromatic carbocycles. The molecule has 0 atom stereocenters. The minimum Gasteiger partial charge on any atom is -0.262 e. The molecule has 0 saturated carbocycles. The van der Waals surface area contributed by atoms with Gasteiger partial charge in [0.05, 0.1) is 32.1 Å². The van der Waals surface area contributed by atoms with Crippen LogP contribution in [-0.2, 0) is 10.0 Å². The molecule has 0 saturated heterocycles. The van der Waals surface area contributed by atoms with Crippen LogP contribution in [0.3, 0.4) is 0 Å². The fraction of sp³-hybridized carbons (Fsp3) is 0.125. The maximum absolute atomic E-state index is 13.0. The van der Waals surface area contributed by atoms with E-state index >= 15 is 0 Å². The van der Waals surface area contributed by atoms with E-state index in [0.717, 1.165) is 10.4 Å². The summed E-state index contributed by atoms with van der Waals surface area (Å²) in [4.78, 5) is 10.3. The highest BCUT2D eigenvalue weighted by Gasteiger charge is 2.27. The Bertz CT molecular complexity index is 945. The minimum absolute atomic E-state index is 0.0397. The highest BCUT2D eigenvalue weighted by molar-refractivity contribution is 7.92. The zero-order valence-electron chi connectivity index (χ0n) is 13.1. The number of sulfonamides is 1. The molecular weight excluding hydrogens is 387 g/mol. The van der Waals surface area contributed by atoms with Crippen LogP contribution in [0.1, 0.15) is 5.56 Å². The Balaban J connectivity index is 2.60. The van der Waals surface area contributed by atoms with Gasteiger partial charge in [0.1, 0.15) is 0 Å². The summed E-state index contributed by atoms with van der Waals surface area (Å²) in [7, 11) is -4.06. The van der Waals surface area contributed by atoms with Crippen LogP contribution in [0.5, 0.6) is 0 Å². The summed E-state index contributed by atoms with van der Waals surface area (Å²) in [5, 5.41) is 11.6. The van der Waals surface area contributed by atoms with Crippen molar-refractivity contribution in [2.24, 2.45) is 0 Å². The van der Waals surface area contributed by atoms with Crippen molar-refractivity contribution >= 4 is 44.6 Å². The second-order valence-electron chi connectivity index (χ2n) is 5.13. The molecule has 9 heteroatoms. The number of hydrogen-bond donors (Lipinski definition) is 0. The van der Waals surface area contributed by atoms with Crippen molar-refractivity contribution in [3.63, 3.8) is 0 Å². The van der Waals surface area contributed by atoms with E-state index in [4.69, 9.17) is 23.2 Å². The van der Waals surface area contributed by atoms with Crippen LogP contribution in [0.15, 0.2) is 53.9 Å². The third kappa shape index (κ3) is 3.95. The van der Waals surface area contributed by atoms with E-state index < -0.39 is 14.9 Å². The van der Waals surface area contributed by atoms with Gasteiger partial charge in [0, 0.05) is 11.6 Å². The lowest BCUT2D eigenvalue weighted by Crippen LogP contribution is -2.31. The zero-order chi connectivity index (χ0) is 18.8. The number of aryl methyl sites for hydroxylation is 1. The van der Waals surface area contributed by atoms with Crippen LogP contribution in [0, 0.1) is 17.0 Å². The Kier molecular flexibility index (Phi) is 5.72. The van der Waals surface area contributed by atoms with Crippen LogP contribution in [0.25, 0.3) is 0 Å². The van der Waals surface area contributed by atoms with Gasteiger partial charge in [0.15, 0.2) is 0 Å². The van der Waals surface area contributed by atoms with Gasteiger partial charge in [-0.05, 0) is 31.2 Å². The smallest absolute Gasteiger partial charge is 0.262 e. The molecule has 0 bridgehead atoms. The number of anilines is 1. The molecule has 0 aliphatic carbocycles. The molecular formula is C16H14Cl2N2O4S. The van der Waals surface area contributed by atoms with Gasteiger partial charge in [0.25, 0.3) is 15.7 Å². The molecule has 0 amide bonds. The van der Waals surface area contributed by atoms with Crippen molar-refractivity contribution in [2.75, 3.05) is 10.8 Å². The molecule has 0 aliphatic rings. The summed E-state index contributed by atoms with van der Waals surface area (Å²) in [6, 6.07) is 8.14. The first-order valence-electron chi connectivity index (χ1n) is 7.02. The predicted molar refractivity (Wildman–Crippen MR) is 99.0 cm³/mol. The normalized spacial score (nSPS) is 11.2. The first-order chi connectivity index (χ1) is 11.7. The SMILES string of the molecule is C=CCN(c1ccc(Cl)c(Cl)c1)S(=O)(=O)c1ccc(C)c([N+](=O)[O-])c1. The third-order valence-corrected chi connectivity index (χ3v) is 5.98. The number of halogens is 2. The van der Waals surface area contributed by atoms with Crippen molar-refractivity contribution < 1.29 is 13.3 Å². The van der Waals surface area contributed by atoms with E-state index in [-0.39, 0.29) is 32.9 Å². The van der Waals surface area contributed by atoms with Gasteiger partial charge in [-0.1, -0.05) is 35.3 Å². The molecule has 0 aromatic heterocycles. The number of nitro groups is 1. The van der Waals surface area contributed by atoms with E-state index in [1.807, 2.05) is 0 Å². The van der Waals surface area contributed by atoms with Crippen molar-refractivity contribution in [3.8, 4) is 0 Å². The van der Waals surface area contributed by atoms with Gasteiger partial charge < -0.3 is 0 Å². The van der Waals surface area contributed by atoms with E-state index in [1.54, 1.807) is 0 Å². The number of hydrogen-bond acceptors (Lipinski definition) is 4. The molecule has 6 nitrogen and oxygen atoms in total. The first-order valence-corrected chi connectivity index (χ1v) is 9.22. The van der Waals surface area contributed by atoms with Gasteiger partial charge in [-0.2, -0.15) is 0 Å². The number of nitro benzene ring substituents is 1. The van der Waals surface area contributed by atoms with Crippen LogP contribution in [0.4, 0.5) is 11.4 Å². The van der Waals surface area contributed by atoms with E-state index in [1.165, 1.54) is 43.3 Å². The highest BCUT2D eigenvalue weighted by atomic mass is 35.5. The second kappa shape index (κ2) is 7.43. The molecule has 2 aromatic rings. The summed E-state index contributed by atoms with van der Waals surface area (Å²) < 4.78 is 27.0. The minimum atomic E-state index is -4.06. The number of benzene rings is 2. The summed E-state index contributed by atoms with van der Waals surface area (Å²) in [6.07, 6.45) is 1.41. The van der Waals surface area contributed by atoms with Gasteiger partial charge in [-0.25, -0.2) is 8.42 Å². The summed E-state index contributed by atoms with van der Waals surface area (Å²) in [6.45, 7) is 5.06. The number of nitrogens with zero attached hydrogens (tertiary/aromatic N) is 2. The van der Waals surface area contributed by atoms with Crippen molar-refractivity contribution in [1.82, 2.24) is 0 Å². The lowest BCUT2D eigenvalue weighted by molar-refractivity contribution is -0.385. The summed E-state index contributed by atoms with van der Waals surface area (Å²) >= 11 is 11.8. The van der Waals surface area contributed by atoms with Gasteiger partial charge in [-0.15, -0.1) is 6.58 Å². The molecule has 0 spiro atoms. The Labute approximate surface area is 155 Å². The van der Waals surface area contributed by atoms with E-state index in [2.05, 4.69) is 6.58 Å². The van der Waals surface area contributed by atoms with Gasteiger partial charge in [0.2, 0.25) is 0 Å². The van der Waals surface area contributed by atoms with Crippen molar-refractivity contribution in [3.05, 3.63) is 74.8 Å². The molecule has 2 rings (SSSR count). The molecule has 132 valence electrons. The van der Waals surface area contributed by atoms with Crippen molar-refractivity contribution in [1.29, 1.82) is 0 Å². The first kappa shape index (κ1) is 19.2. The fourth-order valence-corrected chi connectivity index (χ4v) is 3.91. The van der Waals surface area contributed by atoms with Crippen molar-refractivity contribution in [2.45, 2.75) is 11.8 Å². The molecule has 0 unspecified atom stereocenters. The zero-order valence-corrected chi connectivity index (χ0v) is 15.5. The van der Waals surface area contributed by atoms with Gasteiger partial charge in [-0.3, -0.25) is 14.4 Å². The van der Waals surface area contributed by atoms with E-state index in [9.17, 15) is 18.5 Å². The Morgan fingerprint density at radius 1 is 1.20 bits per heavy atom.